The number of alkyl halides is 3. The van der Waals surface area contributed by atoms with Gasteiger partial charge >= 0.3 is 6.18 Å². The number of piperidine rings is 1. The zero-order chi connectivity index (χ0) is 25.5. The third kappa shape index (κ3) is 7.20. The Hall–Kier alpha value is -3.12. The molecular weight excluding hydrogens is 498 g/mol. The summed E-state index contributed by atoms with van der Waals surface area (Å²) in [6.45, 7) is -0.175. The zero-order valence-electron chi connectivity index (χ0n) is 19.5. The lowest BCUT2D eigenvalue weighted by molar-refractivity contribution is -0.149. The molecule has 7 nitrogen and oxygen atoms in total. The maximum Gasteiger partial charge on any atom is 0.401 e. The number of halogens is 4. The highest BCUT2D eigenvalue weighted by Gasteiger charge is 2.33. The van der Waals surface area contributed by atoms with Crippen LogP contribution in [-0.2, 0) is 6.61 Å². The highest BCUT2D eigenvalue weighted by Crippen LogP contribution is 2.32. The molecule has 1 fully saturated rings. The van der Waals surface area contributed by atoms with Crippen molar-refractivity contribution < 1.29 is 27.0 Å². The van der Waals surface area contributed by atoms with Crippen molar-refractivity contribution in [2.75, 3.05) is 30.6 Å². The Bertz CT molecular complexity index is 1150. The summed E-state index contributed by atoms with van der Waals surface area (Å²) >= 11 is 1.33. The van der Waals surface area contributed by atoms with Crippen molar-refractivity contribution in [3.05, 3.63) is 60.3 Å². The van der Waals surface area contributed by atoms with Gasteiger partial charge in [0.15, 0.2) is 0 Å². The smallest absolute Gasteiger partial charge is 0.401 e. The average molecular weight is 524 g/mol. The molecule has 0 atom stereocenters. The zero-order valence-corrected chi connectivity index (χ0v) is 20.3. The summed E-state index contributed by atoms with van der Waals surface area (Å²) in [5.41, 5.74) is 1.75. The van der Waals surface area contributed by atoms with E-state index >= 15 is 0 Å². The molecule has 0 unspecified atom stereocenters. The fourth-order valence-electron chi connectivity index (χ4n) is 3.81. The summed E-state index contributed by atoms with van der Waals surface area (Å²) < 4.78 is 67.3. The molecule has 192 valence electrons. The van der Waals surface area contributed by atoms with E-state index in [-0.39, 0.29) is 37.4 Å². The van der Waals surface area contributed by atoms with Crippen molar-refractivity contribution >= 4 is 17.6 Å². The molecule has 0 amide bonds. The van der Waals surface area contributed by atoms with Crippen molar-refractivity contribution in [3.63, 3.8) is 0 Å². The van der Waals surface area contributed by atoms with Crippen LogP contribution >= 0.6 is 11.9 Å². The summed E-state index contributed by atoms with van der Waals surface area (Å²) in [7, 11) is 0. The second-order valence-electron chi connectivity index (χ2n) is 8.18. The minimum Gasteiger partial charge on any atom is -0.474 e. The van der Waals surface area contributed by atoms with Crippen molar-refractivity contribution in [2.24, 2.45) is 0 Å². The first-order valence-electron chi connectivity index (χ1n) is 11.2. The van der Waals surface area contributed by atoms with Gasteiger partial charge in [-0.25, -0.2) is 14.4 Å². The molecule has 0 aliphatic carbocycles. The first-order chi connectivity index (χ1) is 17.3. The van der Waals surface area contributed by atoms with Crippen LogP contribution in [0, 0.1) is 5.82 Å². The molecular formula is C24H25F4N5O2S. The third-order valence-corrected chi connectivity index (χ3v) is 5.89. The van der Waals surface area contributed by atoms with Crippen molar-refractivity contribution in [1.82, 2.24) is 19.9 Å². The summed E-state index contributed by atoms with van der Waals surface area (Å²) in [6.07, 6.45) is 1.30. The largest absolute Gasteiger partial charge is 0.474 e. The topological polar surface area (TPSA) is 72.4 Å². The number of nitrogens with zero attached hydrogens (tertiary/aromatic N) is 4. The molecule has 1 saturated heterocycles. The van der Waals surface area contributed by atoms with Gasteiger partial charge in [0.05, 0.1) is 12.2 Å². The standard InChI is InChI=1S/C24H25F4N5O2S/c1-36-32-20-12-16(13-30-23(20)34-14-17-4-2-3-9-29-17)22-19(25)5-6-21(31-22)35-18-7-10-33(11-8-18)15-24(26,27)28/h2-6,9,12-13,18,32H,7-8,10-11,14-15H2,1H3. The van der Waals surface area contributed by atoms with Crippen LogP contribution in [0.2, 0.25) is 0 Å². The average Bonchev–Trinajstić information content (AvgIpc) is 2.85. The highest BCUT2D eigenvalue weighted by molar-refractivity contribution is 7.99. The molecule has 4 rings (SSSR count). The lowest BCUT2D eigenvalue weighted by atomic mass is 10.1. The van der Waals surface area contributed by atoms with E-state index < -0.39 is 18.5 Å². The van der Waals surface area contributed by atoms with Crippen LogP contribution < -0.4 is 14.2 Å². The molecule has 0 saturated carbocycles. The van der Waals surface area contributed by atoms with E-state index in [0.717, 1.165) is 5.69 Å². The summed E-state index contributed by atoms with van der Waals surface area (Å²) in [5, 5.41) is 0. The Kier molecular flexibility index (Phi) is 8.47. The van der Waals surface area contributed by atoms with Gasteiger partial charge in [-0.3, -0.25) is 9.88 Å². The van der Waals surface area contributed by atoms with Crippen LogP contribution in [-0.4, -0.2) is 58.0 Å². The van der Waals surface area contributed by atoms with E-state index in [4.69, 9.17) is 9.47 Å². The lowest BCUT2D eigenvalue weighted by Gasteiger charge is -2.32. The van der Waals surface area contributed by atoms with Crippen molar-refractivity contribution in [1.29, 1.82) is 0 Å². The van der Waals surface area contributed by atoms with E-state index in [0.29, 0.717) is 30.0 Å². The molecule has 0 aromatic carbocycles. The van der Waals surface area contributed by atoms with Gasteiger partial charge in [0.25, 0.3) is 0 Å². The van der Waals surface area contributed by atoms with E-state index in [1.165, 1.54) is 35.2 Å². The molecule has 4 heterocycles. The molecule has 1 aliphatic heterocycles. The number of rotatable bonds is 9. The van der Waals surface area contributed by atoms with Gasteiger partial charge in [-0.2, -0.15) is 13.2 Å². The number of anilines is 1. The monoisotopic (exact) mass is 523 g/mol. The van der Waals surface area contributed by atoms with Crippen LogP contribution in [0.25, 0.3) is 11.3 Å². The molecule has 0 radical (unpaired) electrons. The second-order valence-corrected chi connectivity index (χ2v) is 8.79. The SMILES string of the molecule is CSNc1cc(-c2nc(OC3CCN(CC(F)(F)F)CC3)ccc2F)cnc1OCc1ccccn1. The number of pyridine rings is 3. The van der Waals surface area contributed by atoms with E-state index in [1.54, 1.807) is 12.3 Å². The fourth-order valence-corrected chi connectivity index (χ4v) is 4.17. The van der Waals surface area contributed by atoms with Gasteiger partial charge in [0, 0.05) is 43.4 Å². The predicted octanol–water partition coefficient (Wildman–Crippen LogP) is 5.35. The lowest BCUT2D eigenvalue weighted by Crippen LogP contribution is -2.42. The fraction of sp³-hybridized carbons (Fsp3) is 0.375. The van der Waals surface area contributed by atoms with Crippen LogP contribution in [0.5, 0.6) is 11.8 Å². The van der Waals surface area contributed by atoms with Crippen molar-refractivity contribution in [2.45, 2.75) is 31.7 Å². The maximum atomic E-state index is 14.7. The molecule has 3 aromatic heterocycles. The Balaban J connectivity index is 1.45. The molecule has 0 spiro atoms. The number of likely N-dealkylation sites (tertiary alicyclic amines) is 1. The molecule has 1 aliphatic rings. The number of hydrogen-bond donors (Lipinski definition) is 1. The second kappa shape index (κ2) is 11.7. The Morgan fingerprint density at radius 3 is 2.64 bits per heavy atom. The van der Waals surface area contributed by atoms with E-state index in [9.17, 15) is 17.6 Å². The number of nitrogens with one attached hydrogen (secondary N) is 1. The number of hydrogen-bond acceptors (Lipinski definition) is 8. The number of ether oxygens (including phenoxy) is 2. The normalized spacial score (nSPS) is 15.0. The molecule has 12 heteroatoms. The minimum atomic E-state index is -4.22. The molecule has 1 N–H and O–H groups in total. The quantitative estimate of drug-likeness (QED) is 0.297. The van der Waals surface area contributed by atoms with Gasteiger partial charge in [0.2, 0.25) is 11.8 Å². The van der Waals surface area contributed by atoms with Crippen LogP contribution in [0.1, 0.15) is 18.5 Å². The molecule has 36 heavy (non-hydrogen) atoms. The molecule has 3 aromatic rings. The van der Waals surface area contributed by atoms with Crippen LogP contribution in [0.15, 0.2) is 48.8 Å². The first kappa shape index (κ1) is 26.0. The minimum absolute atomic E-state index is 0.0509. The predicted molar refractivity (Wildman–Crippen MR) is 129 cm³/mol. The molecule has 0 bridgehead atoms. The summed E-state index contributed by atoms with van der Waals surface area (Å²) in [4.78, 5) is 14.2. The van der Waals surface area contributed by atoms with E-state index in [2.05, 4.69) is 19.7 Å². The Morgan fingerprint density at radius 1 is 1.14 bits per heavy atom. The summed E-state index contributed by atoms with van der Waals surface area (Å²) in [6, 6.07) is 9.86. The summed E-state index contributed by atoms with van der Waals surface area (Å²) in [5.74, 6) is -0.0193. The Morgan fingerprint density at radius 2 is 1.94 bits per heavy atom. The highest BCUT2D eigenvalue weighted by atomic mass is 32.2. The van der Waals surface area contributed by atoms with Gasteiger partial charge in [-0.15, -0.1) is 0 Å². The van der Waals surface area contributed by atoms with Gasteiger partial charge in [-0.1, -0.05) is 18.0 Å². The maximum absolute atomic E-state index is 14.7. The van der Waals surface area contributed by atoms with Gasteiger partial charge in [-0.05, 0) is 37.1 Å². The first-order valence-corrected chi connectivity index (χ1v) is 12.5. The van der Waals surface area contributed by atoms with Gasteiger partial charge < -0.3 is 14.2 Å². The third-order valence-electron chi connectivity index (χ3n) is 5.46. The Labute approximate surface area is 210 Å². The van der Waals surface area contributed by atoms with Crippen LogP contribution in [0.4, 0.5) is 23.2 Å². The van der Waals surface area contributed by atoms with Crippen molar-refractivity contribution in [3.8, 4) is 23.0 Å². The van der Waals surface area contributed by atoms with Gasteiger partial charge in [0.1, 0.15) is 29.9 Å². The van der Waals surface area contributed by atoms with E-state index in [1.807, 2.05) is 24.5 Å². The van der Waals surface area contributed by atoms with Crippen LogP contribution in [0.3, 0.4) is 0 Å². The number of aromatic nitrogens is 3.